The van der Waals surface area contributed by atoms with Crippen molar-refractivity contribution in [2.75, 3.05) is 26.2 Å². The summed E-state index contributed by atoms with van der Waals surface area (Å²) in [7, 11) is 0. The number of ether oxygens (including phenoxy) is 1. The van der Waals surface area contributed by atoms with Gasteiger partial charge in [-0.1, -0.05) is 23.2 Å². The van der Waals surface area contributed by atoms with E-state index >= 15 is 0 Å². The summed E-state index contributed by atoms with van der Waals surface area (Å²) in [6.07, 6.45) is 1.67. The summed E-state index contributed by atoms with van der Waals surface area (Å²) in [5.74, 6) is 2.19. The SMILES string of the molecule is O=C(c1ccc(COc2ccc(Cl)cc2Cl)o1)N1CCN(Cc2ccco2)CC1. The zero-order valence-corrected chi connectivity index (χ0v) is 17.2. The lowest BCUT2D eigenvalue weighted by Crippen LogP contribution is -2.48. The number of nitrogens with zero attached hydrogens (tertiary/aromatic N) is 2. The maximum absolute atomic E-state index is 12.7. The number of amides is 1. The second-order valence-corrected chi connectivity index (χ2v) is 7.62. The highest BCUT2D eigenvalue weighted by Crippen LogP contribution is 2.28. The zero-order valence-electron chi connectivity index (χ0n) is 15.6. The number of carbonyl (C=O) groups is 1. The first-order chi connectivity index (χ1) is 14.1. The van der Waals surface area contributed by atoms with Gasteiger partial charge in [-0.3, -0.25) is 9.69 Å². The van der Waals surface area contributed by atoms with Crippen LogP contribution in [0, 0.1) is 0 Å². The third-order valence-electron chi connectivity index (χ3n) is 4.76. The normalized spacial score (nSPS) is 14.9. The smallest absolute Gasteiger partial charge is 0.289 e. The van der Waals surface area contributed by atoms with E-state index in [4.69, 9.17) is 36.8 Å². The van der Waals surface area contributed by atoms with Crippen molar-refractivity contribution in [1.29, 1.82) is 0 Å². The van der Waals surface area contributed by atoms with Gasteiger partial charge in [0.1, 0.15) is 23.9 Å². The molecular weight excluding hydrogens is 415 g/mol. The molecule has 0 saturated carbocycles. The maximum Gasteiger partial charge on any atom is 0.289 e. The van der Waals surface area contributed by atoms with Crippen LogP contribution in [0.1, 0.15) is 22.1 Å². The fourth-order valence-corrected chi connectivity index (χ4v) is 3.66. The Morgan fingerprint density at radius 1 is 1.03 bits per heavy atom. The molecule has 1 fully saturated rings. The average Bonchev–Trinajstić information content (AvgIpc) is 3.39. The number of rotatable bonds is 6. The third-order valence-corrected chi connectivity index (χ3v) is 5.29. The summed E-state index contributed by atoms with van der Waals surface area (Å²) in [6, 6.07) is 12.3. The quantitative estimate of drug-likeness (QED) is 0.561. The third kappa shape index (κ3) is 4.96. The summed E-state index contributed by atoms with van der Waals surface area (Å²) >= 11 is 12.0. The minimum Gasteiger partial charge on any atom is -0.484 e. The number of hydrogen-bond donors (Lipinski definition) is 0. The topological polar surface area (TPSA) is 59.1 Å². The molecule has 3 heterocycles. The summed E-state index contributed by atoms with van der Waals surface area (Å²) < 4.78 is 16.7. The molecule has 1 aliphatic rings. The van der Waals surface area contributed by atoms with Crippen molar-refractivity contribution < 1.29 is 18.4 Å². The van der Waals surface area contributed by atoms with Gasteiger partial charge in [-0.15, -0.1) is 0 Å². The average molecular weight is 435 g/mol. The maximum atomic E-state index is 12.7. The van der Waals surface area contributed by atoms with Gasteiger partial charge in [0.15, 0.2) is 5.76 Å². The van der Waals surface area contributed by atoms with Crippen LogP contribution in [0.5, 0.6) is 5.75 Å². The van der Waals surface area contributed by atoms with E-state index in [-0.39, 0.29) is 12.5 Å². The molecule has 0 bridgehead atoms. The molecule has 3 aromatic rings. The molecule has 1 amide bonds. The van der Waals surface area contributed by atoms with E-state index in [1.54, 1.807) is 41.5 Å². The fraction of sp³-hybridized carbons (Fsp3) is 0.286. The van der Waals surface area contributed by atoms with Gasteiger partial charge in [-0.2, -0.15) is 0 Å². The Kier molecular flexibility index (Phi) is 6.13. The van der Waals surface area contributed by atoms with Crippen LogP contribution in [-0.2, 0) is 13.2 Å². The number of furan rings is 2. The van der Waals surface area contributed by atoms with Crippen LogP contribution in [0.4, 0.5) is 0 Å². The molecule has 1 aliphatic heterocycles. The highest BCUT2D eigenvalue weighted by molar-refractivity contribution is 6.35. The number of hydrogen-bond acceptors (Lipinski definition) is 5. The minimum atomic E-state index is -0.113. The lowest BCUT2D eigenvalue weighted by atomic mass is 10.2. The number of benzene rings is 1. The van der Waals surface area contributed by atoms with Crippen molar-refractivity contribution >= 4 is 29.1 Å². The largest absolute Gasteiger partial charge is 0.484 e. The van der Waals surface area contributed by atoms with Crippen LogP contribution in [0.3, 0.4) is 0 Å². The van der Waals surface area contributed by atoms with E-state index in [0.717, 1.165) is 25.4 Å². The van der Waals surface area contributed by atoms with Crippen LogP contribution < -0.4 is 4.74 Å². The molecule has 0 aliphatic carbocycles. The summed E-state index contributed by atoms with van der Waals surface area (Å²) in [4.78, 5) is 16.8. The summed E-state index contributed by atoms with van der Waals surface area (Å²) in [5, 5.41) is 0.963. The molecule has 4 rings (SSSR count). The Balaban J connectivity index is 1.29. The first kappa shape index (κ1) is 19.9. The van der Waals surface area contributed by atoms with Crippen LogP contribution in [0.25, 0.3) is 0 Å². The molecule has 0 atom stereocenters. The Morgan fingerprint density at radius 3 is 2.59 bits per heavy atom. The predicted molar refractivity (Wildman–Crippen MR) is 109 cm³/mol. The molecule has 6 nitrogen and oxygen atoms in total. The Labute approximate surface area is 178 Å². The van der Waals surface area contributed by atoms with Gasteiger partial charge in [0.25, 0.3) is 5.91 Å². The number of carbonyl (C=O) groups excluding carboxylic acids is 1. The monoisotopic (exact) mass is 434 g/mol. The standard InChI is InChI=1S/C21H20Cl2N2O4/c22-15-3-5-19(18(23)12-15)28-14-17-4-6-20(29-17)21(26)25-9-7-24(8-10-25)13-16-2-1-11-27-16/h1-6,11-12H,7-10,13-14H2. The Bertz CT molecular complexity index is 963. The van der Waals surface area contributed by atoms with Crippen LogP contribution >= 0.6 is 23.2 Å². The first-order valence-corrected chi connectivity index (χ1v) is 10.0. The van der Waals surface area contributed by atoms with Crippen molar-refractivity contribution in [3.8, 4) is 5.75 Å². The molecule has 0 spiro atoms. The van der Waals surface area contributed by atoms with Gasteiger partial charge >= 0.3 is 0 Å². The van der Waals surface area contributed by atoms with E-state index in [1.165, 1.54) is 0 Å². The van der Waals surface area contributed by atoms with Crippen LogP contribution in [0.2, 0.25) is 10.0 Å². The Morgan fingerprint density at radius 2 is 1.86 bits per heavy atom. The first-order valence-electron chi connectivity index (χ1n) is 9.29. The lowest BCUT2D eigenvalue weighted by Gasteiger charge is -2.33. The van der Waals surface area contributed by atoms with E-state index in [2.05, 4.69) is 4.90 Å². The van der Waals surface area contributed by atoms with Gasteiger partial charge in [0, 0.05) is 31.2 Å². The molecule has 29 heavy (non-hydrogen) atoms. The van der Waals surface area contributed by atoms with Crippen LogP contribution in [0.15, 0.2) is 57.6 Å². The van der Waals surface area contributed by atoms with E-state index in [9.17, 15) is 4.79 Å². The van der Waals surface area contributed by atoms with Gasteiger partial charge < -0.3 is 18.5 Å². The highest BCUT2D eigenvalue weighted by Gasteiger charge is 2.24. The highest BCUT2D eigenvalue weighted by atomic mass is 35.5. The molecule has 1 aromatic carbocycles. The van der Waals surface area contributed by atoms with Crippen molar-refractivity contribution in [3.05, 3.63) is 76.1 Å². The van der Waals surface area contributed by atoms with Crippen molar-refractivity contribution in [1.82, 2.24) is 9.80 Å². The molecule has 1 saturated heterocycles. The molecule has 152 valence electrons. The van der Waals surface area contributed by atoms with E-state index in [0.29, 0.717) is 40.4 Å². The molecule has 0 unspecified atom stereocenters. The van der Waals surface area contributed by atoms with Crippen molar-refractivity contribution in [2.45, 2.75) is 13.2 Å². The van der Waals surface area contributed by atoms with Crippen molar-refractivity contribution in [2.24, 2.45) is 0 Å². The molecule has 0 radical (unpaired) electrons. The predicted octanol–water partition coefficient (Wildman–Crippen LogP) is 4.72. The van der Waals surface area contributed by atoms with Gasteiger partial charge in [-0.05, 0) is 42.5 Å². The van der Waals surface area contributed by atoms with Crippen LogP contribution in [-0.4, -0.2) is 41.9 Å². The molecule has 0 N–H and O–H groups in total. The molecule has 2 aromatic heterocycles. The van der Waals surface area contributed by atoms with Crippen molar-refractivity contribution in [3.63, 3.8) is 0 Å². The second kappa shape index (κ2) is 8.95. The minimum absolute atomic E-state index is 0.113. The lowest BCUT2D eigenvalue weighted by molar-refractivity contribution is 0.0586. The second-order valence-electron chi connectivity index (χ2n) is 6.78. The van der Waals surface area contributed by atoms with E-state index in [1.807, 2.05) is 12.1 Å². The van der Waals surface area contributed by atoms with Gasteiger partial charge in [0.05, 0.1) is 17.8 Å². The van der Waals surface area contributed by atoms with Gasteiger partial charge in [-0.25, -0.2) is 0 Å². The number of piperazine rings is 1. The fourth-order valence-electron chi connectivity index (χ4n) is 3.20. The summed E-state index contributed by atoms with van der Waals surface area (Å²) in [5.41, 5.74) is 0. The summed E-state index contributed by atoms with van der Waals surface area (Å²) in [6.45, 7) is 3.80. The zero-order chi connectivity index (χ0) is 20.2. The molecule has 8 heteroatoms. The molecular formula is C21H20Cl2N2O4. The number of halogens is 2. The van der Waals surface area contributed by atoms with Gasteiger partial charge in [0.2, 0.25) is 0 Å². The van der Waals surface area contributed by atoms with E-state index < -0.39 is 0 Å². The Hall–Kier alpha value is -2.41.